The maximum Gasteiger partial charge on any atom is 0.264 e. The third-order valence-electron chi connectivity index (χ3n) is 3.23. The van der Waals surface area contributed by atoms with Crippen LogP contribution in [0.25, 0.3) is 11.3 Å². The molecule has 122 valence electrons. The molecular formula is C18H16N2O3S. The van der Waals surface area contributed by atoms with Crippen LogP contribution in [0.1, 0.15) is 0 Å². The maximum atomic E-state index is 12.0. The summed E-state index contributed by atoms with van der Waals surface area (Å²) in [4.78, 5) is 16.4. The first-order chi connectivity index (χ1) is 11.7. The normalized spacial score (nSPS) is 10.2. The summed E-state index contributed by atoms with van der Waals surface area (Å²) >= 11 is 1.38. The Balaban J connectivity index is 1.56. The molecule has 1 heterocycles. The van der Waals surface area contributed by atoms with Crippen molar-refractivity contribution in [1.82, 2.24) is 4.98 Å². The molecule has 0 aliphatic rings. The lowest BCUT2D eigenvalue weighted by molar-refractivity contribution is -0.118. The molecule has 0 aliphatic carbocycles. The number of ether oxygens (including phenoxy) is 2. The minimum atomic E-state index is -0.258. The Morgan fingerprint density at radius 3 is 2.71 bits per heavy atom. The Kier molecular flexibility index (Phi) is 5.08. The van der Waals surface area contributed by atoms with Crippen LogP contribution in [0.15, 0.2) is 60.0 Å². The van der Waals surface area contributed by atoms with Gasteiger partial charge in [-0.25, -0.2) is 4.98 Å². The topological polar surface area (TPSA) is 60.5 Å². The Hall–Kier alpha value is -2.86. The first-order valence-electron chi connectivity index (χ1n) is 7.32. The summed E-state index contributed by atoms with van der Waals surface area (Å²) in [5.74, 6) is 1.00. The number of thiazole rings is 1. The monoisotopic (exact) mass is 340 g/mol. The van der Waals surface area contributed by atoms with E-state index in [2.05, 4.69) is 10.3 Å². The fraction of sp³-hybridized carbons (Fsp3) is 0.111. The van der Waals surface area contributed by atoms with E-state index in [1.54, 1.807) is 25.3 Å². The molecule has 0 bridgehead atoms. The van der Waals surface area contributed by atoms with Gasteiger partial charge in [-0.2, -0.15) is 0 Å². The molecule has 0 fully saturated rings. The minimum Gasteiger partial charge on any atom is -0.497 e. The average molecular weight is 340 g/mol. The van der Waals surface area contributed by atoms with Crippen molar-refractivity contribution in [3.05, 3.63) is 60.0 Å². The zero-order chi connectivity index (χ0) is 16.8. The van der Waals surface area contributed by atoms with Crippen LogP contribution in [0, 0.1) is 0 Å². The number of benzene rings is 2. The van der Waals surface area contributed by atoms with E-state index < -0.39 is 0 Å². The van der Waals surface area contributed by atoms with E-state index in [4.69, 9.17) is 9.47 Å². The van der Waals surface area contributed by atoms with Gasteiger partial charge in [0.05, 0.1) is 12.8 Å². The summed E-state index contributed by atoms with van der Waals surface area (Å²) in [6.45, 7) is -0.0899. The summed E-state index contributed by atoms with van der Waals surface area (Å²) in [6, 6.07) is 16.9. The van der Waals surface area contributed by atoms with Crippen LogP contribution < -0.4 is 14.8 Å². The van der Waals surface area contributed by atoms with Gasteiger partial charge in [-0.3, -0.25) is 10.1 Å². The van der Waals surface area contributed by atoms with Crippen LogP contribution in [0.2, 0.25) is 0 Å². The lowest BCUT2D eigenvalue weighted by Gasteiger charge is -2.07. The molecule has 3 rings (SSSR count). The van der Waals surface area contributed by atoms with Crippen molar-refractivity contribution >= 4 is 22.4 Å². The van der Waals surface area contributed by atoms with Gasteiger partial charge in [0.15, 0.2) is 11.7 Å². The van der Waals surface area contributed by atoms with Crippen LogP contribution in [-0.2, 0) is 4.79 Å². The van der Waals surface area contributed by atoms with Crippen LogP contribution in [-0.4, -0.2) is 24.6 Å². The van der Waals surface area contributed by atoms with Gasteiger partial charge in [0.2, 0.25) is 0 Å². The second-order valence-corrected chi connectivity index (χ2v) is 5.78. The predicted molar refractivity (Wildman–Crippen MR) is 94.7 cm³/mol. The zero-order valence-electron chi connectivity index (χ0n) is 13.1. The van der Waals surface area contributed by atoms with Gasteiger partial charge < -0.3 is 9.47 Å². The Morgan fingerprint density at radius 1 is 1.12 bits per heavy atom. The number of nitrogens with zero attached hydrogens (tertiary/aromatic N) is 1. The highest BCUT2D eigenvalue weighted by Gasteiger charge is 2.09. The van der Waals surface area contributed by atoms with E-state index in [1.165, 1.54) is 11.3 Å². The molecule has 0 radical (unpaired) electrons. The van der Waals surface area contributed by atoms with Crippen LogP contribution in [0.3, 0.4) is 0 Å². The van der Waals surface area contributed by atoms with E-state index in [0.29, 0.717) is 16.6 Å². The first-order valence-corrected chi connectivity index (χ1v) is 8.20. The smallest absolute Gasteiger partial charge is 0.264 e. The van der Waals surface area contributed by atoms with Crippen molar-refractivity contribution in [2.24, 2.45) is 0 Å². The number of amides is 1. The van der Waals surface area contributed by atoms with Crippen molar-refractivity contribution in [2.75, 3.05) is 19.0 Å². The van der Waals surface area contributed by atoms with Crippen LogP contribution in [0.4, 0.5) is 5.13 Å². The van der Waals surface area contributed by atoms with Gasteiger partial charge in [-0.15, -0.1) is 11.3 Å². The number of nitrogens with one attached hydrogen (secondary N) is 1. The molecule has 3 aromatic rings. The highest BCUT2D eigenvalue weighted by atomic mass is 32.1. The fourth-order valence-corrected chi connectivity index (χ4v) is 2.80. The number of aromatic nitrogens is 1. The zero-order valence-corrected chi connectivity index (χ0v) is 13.9. The average Bonchev–Trinajstić information content (AvgIpc) is 3.09. The molecule has 0 atom stereocenters. The van der Waals surface area contributed by atoms with Gasteiger partial charge in [-0.05, 0) is 12.1 Å². The summed E-state index contributed by atoms with van der Waals surface area (Å²) in [7, 11) is 1.58. The minimum absolute atomic E-state index is 0.0899. The van der Waals surface area contributed by atoms with E-state index in [9.17, 15) is 4.79 Å². The van der Waals surface area contributed by atoms with Gasteiger partial charge in [0.1, 0.15) is 11.5 Å². The molecule has 6 heteroatoms. The van der Waals surface area contributed by atoms with Gasteiger partial charge >= 0.3 is 0 Å². The largest absolute Gasteiger partial charge is 0.497 e. The Labute approximate surface area is 143 Å². The molecule has 0 spiro atoms. The van der Waals surface area contributed by atoms with E-state index in [-0.39, 0.29) is 12.5 Å². The molecule has 2 aromatic carbocycles. The highest BCUT2D eigenvalue weighted by Crippen LogP contribution is 2.24. The third kappa shape index (κ3) is 4.11. The number of methoxy groups -OCH3 is 1. The van der Waals surface area contributed by atoms with Gasteiger partial charge in [-0.1, -0.05) is 36.4 Å². The molecular weight excluding hydrogens is 324 g/mol. The fourth-order valence-electron chi connectivity index (χ4n) is 2.07. The second kappa shape index (κ2) is 7.61. The number of carbonyl (C=O) groups is 1. The Bertz CT molecular complexity index is 818. The number of anilines is 1. The molecule has 0 saturated carbocycles. The number of hydrogen-bond donors (Lipinski definition) is 1. The van der Waals surface area contributed by atoms with Gasteiger partial charge in [0.25, 0.3) is 5.91 Å². The van der Waals surface area contributed by atoms with E-state index in [0.717, 1.165) is 11.3 Å². The maximum absolute atomic E-state index is 12.0. The SMILES string of the molecule is COc1cccc(OCC(=O)Nc2nc(-c3ccccc3)cs2)c1. The standard InChI is InChI=1S/C18H16N2O3S/c1-22-14-8-5-9-15(10-14)23-11-17(21)20-18-19-16(12-24-18)13-6-3-2-4-7-13/h2-10,12H,11H2,1H3,(H,19,20,21). The molecule has 24 heavy (non-hydrogen) atoms. The third-order valence-corrected chi connectivity index (χ3v) is 3.99. The molecule has 1 amide bonds. The molecule has 0 aliphatic heterocycles. The molecule has 1 aromatic heterocycles. The quantitative estimate of drug-likeness (QED) is 0.741. The molecule has 1 N–H and O–H groups in total. The van der Waals surface area contributed by atoms with Crippen molar-refractivity contribution in [3.8, 4) is 22.8 Å². The molecule has 0 saturated heterocycles. The summed E-state index contributed by atoms with van der Waals surface area (Å²) in [6.07, 6.45) is 0. The lowest BCUT2D eigenvalue weighted by Crippen LogP contribution is -2.20. The first kappa shape index (κ1) is 16.0. The highest BCUT2D eigenvalue weighted by molar-refractivity contribution is 7.14. The van der Waals surface area contributed by atoms with Crippen molar-refractivity contribution in [3.63, 3.8) is 0 Å². The predicted octanol–water partition coefficient (Wildman–Crippen LogP) is 3.84. The summed E-state index contributed by atoms with van der Waals surface area (Å²) in [5, 5.41) is 5.20. The van der Waals surface area contributed by atoms with E-state index >= 15 is 0 Å². The van der Waals surface area contributed by atoms with E-state index in [1.807, 2.05) is 41.8 Å². The van der Waals surface area contributed by atoms with Crippen molar-refractivity contribution in [1.29, 1.82) is 0 Å². The van der Waals surface area contributed by atoms with Crippen molar-refractivity contribution in [2.45, 2.75) is 0 Å². The summed E-state index contributed by atoms with van der Waals surface area (Å²) < 4.78 is 10.6. The van der Waals surface area contributed by atoms with Crippen LogP contribution >= 0.6 is 11.3 Å². The molecule has 0 unspecified atom stereocenters. The second-order valence-electron chi connectivity index (χ2n) is 4.92. The number of rotatable bonds is 6. The lowest BCUT2D eigenvalue weighted by atomic mass is 10.2. The molecule has 5 nitrogen and oxygen atoms in total. The number of hydrogen-bond acceptors (Lipinski definition) is 5. The van der Waals surface area contributed by atoms with Crippen molar-refractivity contribution < 1.29 is 14.3 Å². The summed E-state index contributed by atoms with van der Waals surface area (Å²) in [5.41, 5.74) is 1.85. The van der Waals surface area contributed by atoms with Gasteiger partial charge in [0, 0.05) is 17.0 Å². The number of carbonyl (C=O) groups excluding carboxylic acids is 1. The van der Waals surface area contributed by atoms with Crippen LogP contribution in [0.5, 0.6) is 11.5 Å². The Morgan fingerprint density at radius 2 is 1.92 bits per heavy atom.